The van der Waals surface area contributed by atoms with Gasteiger partial charge in [-0.15, -0.1) is 0 Å². The van der Waals surface area contributed by atoms with Gasteiger partial charge in [0, 0.05) is 35.4 Å². The Morgan fingerprint density at radius 3 is 2.79 bits per heavy atom. The average molecular weight is 324 g/mol. The van der Waals surface area contributed by atoms with Crippen LogP contribution in [0, 0.1) is 0 Å². The molecule has 2 aromatic heterocycles. The summed E-state index contributed by atoms with van der Waals surface area (Å²) < 4.78 is 2.94. The number of halogens is 1. The molecule has 0 aliphatic carbocycles. The molecule has 0 saturated carbocycles. The van der Waals surface area contributed by atoms with Gasteiger partial charge < -0.3 is 5.32 Å². The molecule has 5 nitrogen and oxygen atoms in total. The lowest BCUT2D eigenvalue weighted by Crippen LogP contribution is -2.21. The topological polar surface area (TPSA) is 55.6 Å². The minimum Gasteiger partial charge on any atom is -0.313 e. The van der Waals surface area contributed by atoms with E-state index < -0.39 is 0 Å². The molecule has 2 rings (SSSR count). The molecular weight excluding hydrogens is 306 g/mol. The van der Waals surface area contributed by atoms with E-state index in [0.29, 0.717) is 6.04 Å². The van der Waals surface area contributed by atoms with Crippen molar-refractivity contribution < 1.29 is 0 Å². The molecular formula is C13H18BrN5. The van der Waals surface area contributed by atoms with Crippen LogP contribution in [-0.4, -0.2) is 26.8 Å². The van der Waals surface area contributed by atoms with Gasteiger partial charge in [0.2, 0.25) is 0 Å². The summed E-state index contributed by atoms with van der Waals surface area (Å²) >= 11 is 3.45. The first-order valence-corrected chi connectivity index (χ1v) is 7.07. The number of nitrogens with zero attached hydrogens (tertiary/aromatic N) is 4. The fraction of sp³-hybridized carbons (Fsp3) is 0.462. The van der Waals surface area contributed by atoms with E-state index in [4.69, 9.17) is 0 Å². The average Bonchev–Trinajstić information content (AvgIpc) is 2.84. The summed E-state index contributed by atoms with van der Waals surface area (Å²) in [6.07, 6.45) is 6.06. The molecule has 0 fully saturated rings. The Bertz CT molecular complexity index is 537. The minimum atomic E-state index is 0.173. The third kappa shape index (κ3) is 3.39. The summed E-state index contributed by atoms with van der Waals surface area (Å²) in [4.78, 5) is 8.56. The maximum Gasteiger partial charge on any atom is 0.138 e. The molecule has 0 bridgehead atoms. The van der Waals surface area contributed by atoms with Crippen molar-refractivity contribution in [1.29, 1.82) is 0 Å². The zero-order chi connectivity index (χ0) is 13.8. The molecule has 102 valence electrons. The van der Waals surface area contributed by atoms with Gasteiger partial charge >= 0.3 is 0 Å². The number of nitrogens with one attached hydrogen (secondary N) is 1. The van der Waals surface area contributed by atoms with Crippen molar-refractivity contribution >= 4 is 15.9 Å². The lowest BCUT2D eigenvalue weighted by atomic mass is 10.1. The molecule has 1 atom stereocenters. The Morgan fingerprint density at radius 2 is 2.16 bits per heavy atom. The number of rotatable bonds is 5. The molecule has 0 aromatic carbocycles. The van der Waals surface area contributed by atoms with E-state index in [1.807, 2.05) is 17.9 Å². The molecule has 0 spiro atoms. The highest BCUT2D eigenvalue weighted by molar-refractivity contribution is 9.10. The van der Waals surface area contributed by atoms with E-state index in [-0.39, 0.29) is 6.04 Å². The second-order valence-electron chi connectivity index (χ2n) is 4.70. The second kappa shape index (κ2) is 6.25. The minimum absolute atomic E-state index is 0.173. The zero-order valence-electron chi connectivity index (χ0n) is 11.3. The molecule has 0 aliphatic heterocycles. The molecule has 6 heteroatoms. The molecule has 1 N–H and O–H groups in total. The molecule has 0 radical (unpaired) electrons. The van der Waals surface area contributed by atoms with Gasteiger partial charge in [-0.25, -0.2) is 9.67 Å². The molecule has 1 unspecified atom stereocenters. The lowest BCUT2D eigenvalue weighted by molar-refractivity contribution is 0.477. The van der Waals surface area contributed by atoms with Gasteiger partial charge in [-0.3, -0.25) is 4.98 Å². The van der Waals surface area contributed by atoms with Gasteiger partial charge in [0.15, 0.2) is 0 Å². The highest BCUT2D eigenvalue weighted by Gasteiger charge is 2.16. The Kier molecular flexibility index (Phi) is 4.66. The highest BCUT2D eigenvalue weighted by Crippen LogP contribution is 2.20. The third-order valence-electron chi connectivity index (χ3n) is 3.00. The van der Waals surface area contributed by atoms with E-state index in [9.17, 15) is 0 Å². The number of aromatic nitrogens is 4. The van der Waals surface area contributed by atoms with Crippen LogP contribution in [0.4, 0.5) is 0 Å². The van der Waals surface area contributed by atoms with Crippen LogP contribution in [-0.2, 0) is 6.42 Å². The fourth-order valence-electron chi connectivity index (χ4n) is 2.04. The van der Waals surface area contributed by atoms with E-state index >= 15 is 0 Å². The number of pyridine rings is 1. The van der Waals surface area contributed by atoms with Crippen LogP contribution < -0.4 is 5.32 Å². The smallest absolute Gasteiger partial charge is 0.138 e. The van der Waals surface area contributed by atoms with Crippen molar-refractivity contribution in [3.8, 4) is 0 Å². The first-order chi connectivity index (χ1) is 9.11. The van der Waals surface area contributed by atoms with Gasteiger partial charge in [0.25, 0.3) is 0 Å². The normalized spacial score (nSPS) is 12.9. The zero-order valence-corrected chi connectivity index (χ0v) is 12.9. The third-order valence-corrected chi connectivity index (χ3v) is 3.43. The lowest BCUT2D eigenvalue weighted by Gasteiger charge is -2.17. The van der Waals surface area contributed by atoms with E-state index in [2.05, 4.69) is 56.2 Å². The summed E-state index contributed by atoms with van der Waals surface area (Å²) in [6.45, 7) is 4.21. The standard InChI is InChI=1S/C13H18BrN5/c1-9(2)19-13(17-8-18-19)5-12(15-3)10-4-11(14)7-16-6-10/h4,6-9,12,15H,5H2,1-3H3. The SMILES string of the molecule is CNC(Cc1ncnn1C(C)C)c1cncc(Br)c1. The van der Waals surface area contributed by atoms with Crippen molar-refractivity contribution in [2.75, 3.05) is 7.05 Å². The van der Waals surface area contributed by atoms with Crippen LogP contribution in [0.5, 0.6) is 0 Å². The fourth-order valence-corrected chi connectivity index (χ4v) is 2.42. The Morgan fingerprint density at radius 1 is 1.37 bits per heavy atom. The molecule has 0 amide bonds. The predicted molar refractivity (Wildman–Crippen MR) is 77.8 cm³/mol. The monoisotopic (exact) mass is 323 g/mol. The second-order valence-corrected chi connectivity index (χ2v) is 5.61. The molecule has 2 heterocycles. The largest absolute Gasteiger partial charge is 0.313 e. The summed E-state index contributed by atoms with van der Waals surface area (Å²) in [5.74, 6) is 0.981. The van der Waals surface area contributed by atoms with Crippen molar-refractivity contribution in [3.05, 3.63) is 40.6 Å². The number of likely N-dealkylation sites (N-methyl/N-ethyl adjacent to an activating group) is 1. The summed E-state index contributed by atoms with van der Waals surface area (Å²) in [5, 5.41) is 7.58. The summed E-state index contributed by atoms with van der Waals surface area (Å²) in [5.41, 5.74) is 1.13. The van der Waals surface area contributed by atoms with Crippen LogP contribution in [0.1, 0.15) is 37.3 Å². The summed E-state index contributed by atoms with van der Waals surface area (Å²) in [6, 6.07) is 2.56. The Hall–Kier alpha value is -1.27. The van der Waals surface area contributed by atoms with Crippen molar-refractivity contribution in [1.82, 2.24) is 25.1 Å². The van der Waals surface area contributed by atoms with Crippen LogP contribution in [0.3, 0.4) is 0 Å². The molecule has 19 heavy (non-hydrogen) atoms. The van der Waals surface area contributed by atoms with E-state index in [0.717, 1.165) is 22.3 Å². The number of hydrogen-bond donors (Lipinski definition) is 1. The van der Waals surface area contributed by atoms with Crippen LogP contribution in [0.15, 0.2) is 29.3 Å². The van der Waals surface area contributed by atoms with E-state index in [1.165, 1.54) is 0 Å². The summed E-state index contributed by atoms with van der Waals surface area (Å²) in [7, 11) is 1.95. The molecule has 0 aliphatic rings. The molecule has 2 aromatic rings. The van der Waals surface area contributed by atoms with Crippen molar-refractivity contribution in [3.63, 3.8) is 0 Å². The predicted octanol–water partition coefficient (Wildman–Crippen LogP) is 2.52. The maximum atomic E-state index is 4.35. The molecule has 0 saturated heterocycles. The van der Waals surface area contributed by atoms with Crippen LogP contribution in [0.2, 0.25) is 0 Å². The van der Waals surface area contributed by atoms with E-state index in [1.54, 1.807) is 12.5 Å². The maximum absolute atomic E-state index is 4.35. The quantitative estimate of drug-likeness (QED) is 0.918. The van der Waals surface area contributed by atoms with Crippen LogP contribution in [0.25, 0.3) is 0 Å². The van der Waals surface area contributed by atoms with Crippen molar-refractivity contribution in [2.45, 2.75) is 32.4 Å². The van der Waals surface area contributed by atoms with Gasteiger partial charge in [-0.05, 0) is 48.5 Å². The van der Waals surface area contributed by atoms with Gasteiger partial charge in [0.05, 0.1) is 0 Å². The van der Waals surface area contributed by atoms with Crippen molar-refractivity contribution in [2.24, 2.45) is 0 Å². The van der Waals surface area contributed by atoms with Gasteiger partial charge in [-0.1, -0.05) is 0 Å². The van der Waals surface area contributed by atoms with Gasteiger partial charge in [-0.2, -0.15) is 5.10 Å². The first-order valence-electron chi connectivity index (χ1n) is 6.28. The Labute approximate surface area is 121 Å². The highest BCUT2D eigenvalue weighted by atomic mass is 79.9. The number of hydrogen-bond acceptors (Lipinski definition) is 4. The van der Waals surface area contributed by atoms with Gasteiger partial charge in [0.1, 0.15) is 12.2 Å². The first kappa shape index (κ1) is 14.1. The van der Waals surface area contributed by atoms with Crippen LogP contribution >= 0.6 is 15.9 Å². The Balaban J connectivity index is 2.22.